The van der Waals surface area contributed by atoms with Crippen LogP contribution in [0.2, 0.25) is 0 Å². The molecule has 2 rings (SSSR count). The highest BCUT2D eigenvalue weighted by Crippen LogP contribution is 2.28. The summed E-state index contributed by atoms with van der Waals surface area (Å²) in [4.78, 5) is 16.0. The Morgan fingerprint density at radius 2 is 2.05 bits per heavy atom. The van der Waals surface area contributed by atoms with E-state index in [2.05, 4.69) is 36.9 Å². The van der Waals surface area contributed by atoms with Gasteiger partial charge in [-0.3, -0.25) is 4.79 Å². The van der Waals surface area contributed by atoms with Crippen molar-refractivity contribution in [2.24, 2.45) is 5.73 Å². The minimum Gasteiger partial charge on any atom is -0.360 e. The van der Waals surface area contributed by atoms with Gasteiger partial charge in [-0.05, 0) is 17.5 Å². The summed E-state index contributed by atoms with van der Waals surface area (Å²) in [7, 11) is 1.84. The number of rotatable bonds is 3. The van der Waals surface area contributed by atoms with E-state index in [1.165, 1.54) is 5.56 Å². The summed E-state index contributed by atoms with van der Waals surface area (Å²) < 4.78 is 0. The number of anilines is 1. The van der Waals surface area contributed by atoms with Crippen LogP contribution >= 0.6 is 0 Å². The fourth-order valence-electron chi connectivity index (χ4n) is 2.60. The van der Waals surface area contributed by atoms with E-state index in [1.54, 1.807) is 4.90 Å². The third-order valence-electron chi connectivity index (χ3n) is 3.87. The van der Waals surface area contributed by atoms with Crippen molar-refractivity contribution in [3.63, 3.8) is 0 Å². The molecule has 1 heterocycles. The van der Waals surface area contributed by atoms with Crippen molar-refractivity contribution in [2.75, 3.05) is 31.6 Å². The van der Waals surface area contributed by atoms with Crippen molar-refractivity contribution in [2.45, 2.75) is 25.8 Å². The average Bonchev–Trinajstić information content (AvgIpc) is 2.41. The lowest BCUT2D eigenvalue weighted by Crippen LogP contribution is -2.57. The predicted octanol–water partition coefficient (Wildman–Crippen LogP) is 1.42. The molecule has 4 nitrogen and oxygen atoms in total. The maximum absolute atomic E-state index is 12.1. The van der Waals surface area contributed by atoms with E-state index < -0.39 is 0 Å². The van der Waals surface area contributed by atoms with Crippen LogP contribution in [0.25, 0.3) is 0 Å². The monoisotopic (exact) mass is 261 g/mol. The van der Waals surface area contributed by atoms with Gasteiger partial charge >= 0.3 is 0 Å². The Morgan fingerprint density at radius 1 is 1.37 bits per heavy atom. The summed E-state index contributed by atoms with van der Waals surface area (Å²) in [6, 6.07) is 8.42. The summed E-state index contributed by atoms with van der Waals surface area (Å²) in [5.74, 6) is 0.586. The lowest BCUT2D eigenvalue weighted by atomic mass is 9.99. The van der Waals surface area contributed by atoms with E-state index >= 15 is 0 Å². The SMILES string of the molecule is CC(C)c1ccccc1N1CC(=O)N(C)C(CN)C1. The van der Waals surface area contributed by atoms with Crippen molar-refractivity contribution < 1.29 is 4.79 Å². The second-order valence-corrected chi connectivity index (χ2v) is 5.49. The first-order valence-electron chi connectivity index (χ1n) is 6.84. The molecule has 1 fully saturated rings. The van der Waals surface area contributed by atoms with Crippen LogP contribution in [0, 0.1) is 0 Å². The van der Waals surface area contributed by atoms with Gasteiger partial charge in [0.1, 0.15) is 0 Å². The molecule has 1 aromatic rings. The third kappa shape index (κ3) is 2.73. The molecule has 1 atom stereocenters. The highest BCUT2D eigenvalue weighted by molar-refractivity contribution is 5.83. The van der Waals surface area contributed by atoms with E-state index in [0.717, 1.165) is 12.2 Å². The fraction of sp³-hybridized carbons (Fsp3) is 0.533. The van der Waals surface area contributed by atoms with Crippen LogP contribution in [-0.4, -0.2) is 43.5 Å². The minimum absolute atomic E-state index is 0.0986. The molecule has 19 heavy (non-hydrogen) atoms. The number of carbonyl (C=O) groups is 1. The molecular weight excluding hydrogens is 238 g/mol. The number of hydrogen-bond donors (Lipinski definition) is 1. The summed E-state index contributed by atoms with van der Waals surface area (Å²) >= 11 is 0. The molecule has 1 aliphatic rings. The van der Waals surface area contributed by atoms with Crippen LogP contribution in [0.15, 0.2) is 24.3 Å². The van der Waals surface area contributed by atoms with E-state index in [0.29, 0.717) is 19.0 Å². The average molecular weight is 261 g/mol. The molecule has 1 unspecified atom stereocenters. The van der Waals surface area contributed by atoms with Gasteiger partial charge in [0.2, 0.25) is 5.91 Å². The van der Waals surface area contributed by atoms with Crippen molar-refractivity contribution in [3.05, 3.63) is 29.8 Å². The molecule has 0 radical (unpaired) electrons. The Hall–Kier alpha value is -1.55. The fourth-order valence-corrected chi connectivity index (χ4v) is 2.60. The van der Waals surface area contributed by atoms with Gasteiger partial charge in [0, 0.05) is 25.8 Å². The smallest absolute Gasteiger partial charge is 0.242 e. The molecule has 0 bridgehead atoms. The Labute approximate surface area is 115 Å². The lowest BCUT2D eigenvalue weighted by molar-refractivity contribution is -0.131. The summed E-state index contributed by atoms with van der Waals surface area (Å²) in [6.07, 6.45) is 0. The van der Waals surface area contributed by atoms with Gasteiger partial charge in [0.25, 0.3) is 0 Å². The normalized spacial score (nSPS) is 20.3. The largest absolute Gasteiger partial charge is 0.360 e. The number of nitrogens with two attached hydrogens (primary N) is 1. The molecule has 0 aromatic heterocycles. The van der Waals surface area contributed by atoms with Crippen LogP contribution in [0.5, 0.6) is 0 Å². The van der Waals surface area contributed by atoms with Crippen molar-refractivity contribution in [1.29, 1.82) is 0 Å². The number of para-hydroxylation sites is 1. The number of nitrogens with zero attached hydrogens (tertiary/aromatic N) is 2. The molecule has 1 aromatic carbocycles. The Kier molecular flexibility index (Phi) is 4.10. The Bertz CT molecular complexity index is 458. The zero-order valence-electron chi connectivity index (χ0n) is 12.0. The van der Waals surface area contributed by atoms with E-state index in [9.17, 15) is 4.79 Å². The van der Waals surface area contributed by atoms with Crippen molar-refractivity contribution >= 4 is 11.6 Å². The first-order valence-corrected chi connectivity index (χ1v) is 6.84. The van der Waals surface area contributed by atoms with E-state index in [-0.39, 0.29) is 11.9 Å². The molecular formula is C15H23N3O. The van der Waals surface area contributed by atoms with E-state index in [4.69, 9.17) is 5.73 Å². The summed E-state index contributed by atoms with van der Waals surface area (Å²) in [5, 5.41) is 0. The Morgan fingerprint density at radius 3 is 2.68 bits per heavy atom. The Balaban J connectivity index is 2.29. The van der Waals surface area contributed by atoms with Gasteiger partial charge in [0.15, 0.2) is 0 Å². The second-order valence-electron chi connectivity index (χ2n) is 5.49. The van der Waals surface area contributed by atoms with Crippen molar-refractivity contribution in [3.8, 4) is 0 Å². The van der Waals surface area contributed by atoms with Gasteiger partial charge in [0.05, 0.1) is 12.6 Å². The van der Waals surface area contributed by atoms with Crippen LogP contribution in [-0.2, 0) is 4.79 Å². The standard InChI is InChI=1S/C15H23N3O/c1-11(2)13-6-4-5-7-14(13)18-9-12(8-16)17(3)15(19)10-18/h4-7,11-12H,8-10,16H2,1-3H3. The number of likely N-dealkylation sites (N-methyl/N-ethyl adjacent to an activating group) is 1. The van der Waals surface area contributed by atoms with Gasteiger partial charge in [-0.15, -0.1) is 0 Å². The number of amides is 1. The van der Waals surface area contributed by atoms with Crippen LogP contribution in [0.1, 0.15) is 25.3 Å². The quantitative estimate of drug-likeness (QED) is 0.895. The van der Waals surface area contributed by atoms with Crippen molar-refractivity contribution in [1.82, 2.24) is 4.90 Å². The molecule has 0 saturated carbocycles. The van der Waals surface area contributed by atoms with Crippen LogP contribution in [0.3, 0.4) is 0 Å². The molecule has 104 valence electrons. The highest BCUT2D eigenvalue weighted by atomic mass is 16.2. The summed E-state index contributed by atoms with van der Waals surface area (Å²) in [5.41, 5.74) is 8.23. The lowest BCUT2D eigenvalue weighted by Gasteiger charge is -2.40. The topological polar surface area (TPSA) is 49.6 Å². The predicted molar refractivity (Wildman–Crippen MR) is 78.4 cm³/mol. The molecule has 0 spiro atoms. The van der Waals surface area contributed by atoms with Gasteiger partial charge in [-0.1, -0.05) is 32.0 Å². The second kappa shape index (κ2) is 5.61. The van der Waals surface area contributed by atoms with E-state index in [1.807, 2.05) is 13.1 Å². The molecule has 0 aliphatic carbocycles. The van der Waals surface area contributed by atoms with Crippen LogP contribution < -0.4 is 10.6 Å². The highest BCUT2D eigenvalue weighted by Gasteiger charge is 2.30. The third-order valence-corrected chi connectivity index (χ3v) is 3.87. The van der Waals surface area contributed by atoms with Crippen LogP contribution in [0.4, 0.5) is 5.69 Å². The first-order chi connectivity index (χ1) is 9.04. The number of carbonyl (C=O) groups excluding carboxylic acids is 1. The first kappa shape index (κ1) is 13.9. The van der Waals surface area contributed by atoms with Gasteiger partial charge in [-0.2, -0.15) is 0 Å². The maximum atomic E-state index is 12.1. The zero-order valence-corrected chi connectivity index (χ0v) is 12.0. The number of piperazine rings is 1. The zero-order chi connectivity index (χ0) is 14.0. The number of hydrogen-bond acceptors (Lipinski definition) is 3. The molecule has 2 N–H and O–H groups in total. The molecule has 1 aliphatic heterocycles. The molecule has 1 amide bonds. The molecule has 4 heteroatoms. The minimum atomic E-state index is 0.0986. The number of benzene rings is 1. The summed E-state index contributed by atoms with van der Waals surface area (Å²) in [6.45, 7) is 6.11. The van der Waals surface area contributed by atoms with Gasteiger partial charge in [-0.25, -0.2) is 0 Å². The molecule has 1 saturated heterocycles. The maximum Gasteiger partial charge on any atom is 0.242 e. The van der Waals surface area contributed by atoms with Gasteiger partial charge < -0.3 is 15.5 Å².